The molecule has 12 nitrogen and oxygen atoms in total. The summed E-state index contributed by atoms with van der Waals surface area (Å²) < 4.78 is 19.5. The number of imidazole rings is 1. The maximum atomic E-state index is 16.0. The van der Waals surface area contributed by atoms with Gasteiger partial charge in [0.1, 0.15) is 11.3 Å². The maximum absolute atomic E-state index is 16.0. The van der Waals surface area contributed by atoms with E-state index >= 15 is 4.39 Å². The van der Waals surface area contributed by atoms with E-state index in [0.717, 1.165) is 25.1 Å². The van der Waals surface area contributed by atoms with Gasteiger partial charge >= 0.3 is 5.97 Å². The number of hydrogen-bond acceptors (Lipinski definition) is 9. The number of amides is 1. The van der Waals surface area contributed by atoms with Crippen molar-refractivity contribution in [2.45, 2.75) is 50.3 Å². The quantitative estimate of drug-likeness (QED) is 0.236. The van der Waals surface area contributed by atoms with Crippen LogP contribution in [0.25, 0.3) is 22.0 Å². The number of aromatic nitrogens is 6. The maximum Gasteiger partial charge on any atom is 0.306 e. The number of nitrogens with zero attached hydrogens (tertiary/aromatic N) is 7. The van der Waals surface area contributed by atoms with Gasteiger partial charge in [-0.1, -0.05) is 12.1 Å². The number of aryl methyl sites for hydroxylation is 1. The van der Waals surface area contributed by atoms with E-state index in [-0.39, 0.29) is 17.8 Å². The second-order valence-electron chi connectivity index (χ2n) is 11.3. The van der Waals surface area contributed by atoms with Crippen molar-refractivity contribution in [2.75, 3.05) is 23.3 Å². The Kier molecular flexibility index (Phi) is 7.09. The first-order valence-corrected chi connectivity index (χ1v) is 15.2. The predicted molar refractivity (Wildman–Crippen MR) is 161 cm³/mol. The number of rotatable bonds is 8. The van der Waals surface area contributed by atoms with Crippen molar-refractivity contribution in [3.05, 3.63) is 71.8 Å². The number of aliphatic carboxylic acids is 1. The van der Waals surface area contributed by atoms with E-state index in [1.165, 1.54) is 16.0 Å². The number of thiazole rings is 1. The van der Waals surface area contributed by atoms with Crippen LogP contribution in [0.15, 0.2) is 54.6 Å². The summed E-state index contributed by atoms with van der Waals surface area (Å²) in [5, 5.41) is 29.8. The molecule has 1 atom stereocenters. The molecular weight excluding hydrogens is 587 g/mol. The molecule has 1 unspecified atom stereocenters. The van der Waals surface area contributed by atoms with Crippen LogP contribution in [0.4, 0.5) is 15.3 Å². The molecule has 1 amide bonds. The normalized spacial score (nSPS) is 16.6. The van der Waals surface area contributed by atoms with Gasteiger partial charge in [-0.2, -0.15) is 5.10 Å². The first kappa shape index (κ1) is 28.1. The van der Waals surface area contributed by atoms with Crippen LogP contribution in [-0.4, -0.2) is 70.1 Å². The number of hydrogen-bond donors (Lipinski definition) is 3. The van der Waals surface area contributed by atoms with E-state index < -0.39 is 23.4 Å². The molecule has 0 bridgehead atoms. The van der Waals surface area contributed by atoms with Gasteiger partial charge in [0.2, 0.25) is 0 Å². The Morgan fingerprint density at radius 2 is 1.95 bits per heavy atom. The van der Waals surface area contributed by atoms with Crippen LogP contribution in [0, 0.1) is 5.82 Å². The Labute approximate surface area is 254 Å². The van der Waals surface area contributed by atoms with Gasteiger partial charge in [0, 0.05) is 65.8 Å². The lowest BCUT2D eigenvalue weighted by atomic mass is 9.88. The first-order valence-electron chi connectivity index (χ1n) is 14.4. The average molecular weight is 617 g/mol. The molecule has 226 valence electrons. The monoisotopic (exact) mass is 616 g/mol. The lowest BCUT2D eigenvalue weighted by Crippen LogP contribution is -2.45. The highest BCUT2D eigenvalue weighted by atomic mass is 32.1. The van der Waals surface area contributed by atoms with E-state index in [1.807, 2.05) is 9.47 Å². The van der Waals surface area contributed by atoms with Gasteiger partial charge in [-0.25, -0.2) is 19.3 Å². The lowest BCUT2D eigenvalue weighted by Gasteiger charge is -2.37. The average Bonchev–Trinajstić information content (AvgIpc) is 3.80. The van der Waals surface area contributed by atoms with Gasteiger partial charge in [0.15, 0.2) is 17.0 Å². The van der Waals surface area contributed by atoms with Crippen LogP contribution in [0.1, 0.15) is 43.1 Å². The van der Waals surface area contributed by atoms with Crippen LogP contribution in [-0.2, 0) is 22.6 Å². The lowest BCUT2D eigenvalue weighted by molar-refractivity contribution is -0.143. The third-order valence-corrected chi connectivity index (χ3v) is 9.11. The molecule has 0 saturated carbocycles. The number of fused-ring (bicyclic) bond motifs is 2. The van der Waals surface area contributed by atoms with Crippen molar-refractivity contribution in [1.82, 2.24) is 29.3 Å². The summed E-state index contributed by atoms with van der Waals surface area (Å²) in [6.07, 6.45) is 8.71. The van der Waals surface area contributed by atoms with Crippen LogP contribution in [0.2, 0.25) is 0 Å². The second-order valence-corrected chi connectivity index (χ2v) is 12.2. The van der Waals surface area contributed by atoms with E-state index in [2.05, 4.69) is 25.4 Å². The number of halogens is 1. The molecule has 44 heavy (non-hydrogen) atoms. The van der Waals surface area contributed by atoms with Gasteiger partial charge in [-0.05, 0) is 37.8 Å². The minimum atomic E-state index is -1.22. The molecule has 2 aliphatic heterocycles. The van der Waals surface area contributed by atoms with Gasteiger partial charge in [0.05, 0.1) is 24.0 Å². The van der Waals surface area contributed by atoms with Crippen LogP contribution in [0.3, 0.4) is 0 Å². The molecular formula is C30H29FN8O4S. The fourth-order valence-corrected chi connectivity index (χ4v) is 6.66. The summed E-state index contributed by atoms with van der Waals surface area (Å²) in [5.74, 6) is -1.24. The Balaban J connectivity index is 1.17. The number of carboxylic acids is 1. The predicted octanol–water partition coefficient (Wildman–Crippen LogP) is 3.87. The third-order valence-electron chi connectivity index (χ3n) is 8.42. The van der Waals surface area contributed by atoms with Crippen LogP contribution < -0.4 is 10.2 Å². The van der Waals surface area contributed by atoms with Crippen molar-refractivity contribution in [1.29, 1.82) is 0 Å². The number of nitrogens with one attached hydrogen (secondary N) is 1. The SMILES string of the molecule is O=C(O)CC1(O)CCN(c2ccc(-c3ccc4cn(C(C(=O)Nc5nccs5)c5ncn6c5CCC6)nc4c3F)cn2)CC1. The Morgan fingerprint density at radius 1 is 1.11 bits per heavy atom. The van der Waals surface area contributed by atoms with E-state index in [9.17, 15) is 14.7 Å². The van der Waals surface area contributed by atoms with E-state index in [4.69, 9.17) is 5.11 Å². The molecule has 0 spiro atoms. The molecule has 4 aromatic heterocycles. The Hall–Kier alpha value is -4.69. The van der Waals surface area contributed by atoms with Gasteiger partial charge in [-0.3, -0.25) is 19.6 Å². The molecule has 0 radical (unpaired) electrons. The number of carboxylic acid groups (broad SMARTS) is 1. The molecule has 1 aromatic carbocycles. The van der Waals surface area contributed by atoms with E-state index in [0.29, 0.717) is 59.1 Å². The summed E-state index contributed by atoms with van der Waals surface area (Å²) in [6.45, 7) is 1.76. The fraction of sp³-hybridized carbons (Fsp3) is 0.333. The zero-order valence-corrected chi connectivity index (χ0v) is 24.4. The van der Waals surface area contributed by atoms with Crippen molar-refractivity contribution in [3.63, 3.8) is 0 Å². The minimum absolute atomic E-state index is 0.128. The standard InChI is InChI=1S/C30H29FN8O4S/c31-24-20(18-4-6-22(33-15-18)37-11-7-30(43,8-12-37)14-23(40)41)5-3-19-16-39(36-25(19)24)27(28(42)35-29-32-9-13-44-29)26-21-2-1-10-38(21)17-34-26/h3-6,9,13,15-17,27,43H,1-2,7-8,10-12,14H2,(H,40,41)(H,32,35,42). The topological polar surface area (TPSA) is 151 Å². The van der Waals surface area contributed by atoms with Crippen molar-refractivity contribution >= 4 is 45.1 Å². The molecule has 2 aliphatic rings. The summed E-state index contributed by atoms with van der Waals surface area (Å²) in [7, 11) is 0. The summed E-state index contributed by atoms with van der Waals surface area (Å²) >= 11 is 1.31. The summed E-state index contributed by atoms with van der Waals surface area (Å²) in [6, 6.07) is 6.10. The number of benzene rings is 1. The zero-order valence-electron chi connectivity index (χ0n) is 23.6. The minimum Gasteiger partial charge on any atom is -0.481 e. The molecule has 3 N–H and O–H groups in total. The Morgan fingerprint density at radius 3 is 2.68 bits per heavy atom. The highest BCUT2D eigenvalue weighted by molar-refractivity contribution is 7.13. The van der Waals surface area contributed by atoms with Gasteiger partial charge < -0.3 is 19.7 Å². The molecule has 14 heteroatoms. The van der Waals surface area contributed by atoms with Crippen molar-refractivity contribution < 1.29 is 24.2 Å². The van der Waals surface area contributed by atoms with Crippen molar-refractivity contribution in [3.8, 4) is 11.1 Å². The number of carbonyl (C=O) groups is 2. The van der Waals surface area contributed by atoms with Gasteiger partial charge in [-0.15, -0.1) is 11.3 Å². The zero-order chi connectivity index (χ0) is 30.4. The second kappa shape index (κ2) is 11.1. The molecule has 5 aromatic rings. The highest BCUT2D eigenvalue weighted by Crippen LogP contribution is 2.33. The van der Waals surface area contributed by atoms with Gasteiger partial charge in [0.25, 0.3) is 5.91 Å². The molecule has 7 rings (SSSR count). The molecule has 1 fully saturated rings. The fourth-order valence-electron chi connectivity index (χ4n) is 6.13. The van der Waals surface area contributed by atoms with Crippen molar-refractivity contribution in [2.24, 2.45) is 0 Å². The summed E-state index contributed by atoms with van der Waals surface area (Å²) in [5.41, 5.74) is 1.35. The number of pyridine rings is 1. The van der Waals surface area contributed by atoms with Crippen LogP contribution in [0.5, 0.6) is 0 Å². The van der Waals surface area contributed by atoms with E-state index in [1.54, 1.807) is 54.6 Å². The molecule has 1 saturated heterocycles. The number of piperidine rings is 1. The molecule has 6 heterocycles. The molecule has 0 aliphatic carbocycles. The smallest absolute Gasteiger partial charge is 0.306 e. The number of aliphatic hydroxyl groups is 1. The number of anilines is 2. The third kappa shape index (κ3) is 5.19. The largest absolute Gasteiger partial charge is 0.481 e. The Bertz CT molecular complexity index is 1840. The summed E-state index contributed by atoms with van der Waals surface area (Å²) in [4.78, 5) is 39.9. The highest BCUT2D eigenvalue weighted by Gasteiger charge is 2.35. The van der Waals surface area contributed by atoms with Crippen LogP contribution >= 0.6 is 11.3 Å². The number of carbonyl (C=O) groups excluding carboxylic acids is 1. The first-order chi connectivity index (χ1) is 21.3.